The summed E-state index contributed by atoms with van der Waals surface area (Å²) in [6.07, 6.45) is 0.779. The van der Waals surface area contributed by atoms with Crippen LogP contribution in [-0.2, 0) is 9.53 Å². The van der Waals surface area contributed by atoms with Crippen LogP contribution in [0.1, 0.15) is 27.2 Å². The molecule has 4 heteroatoms. The fraction of sp³-hybridized carbons (Fsp3) is 0.800. The fourth-order valence-electron chi connectivity index (χ4n) is 1.23. The first-order valence-electron chi connectivity index (χ1n) is 4.86. The van der Waals surface area contributed by atoms with Crippen molar-refractivity contribution in [3.63, 3.8) is 0 Å². The average molecular weight is 200 g/mol. The zero-order chi connectivity index (χ0) is 11.1. The summed E-state index contributed by atoms with van der Waals surface area (Å²) in [4.78, 5) is 15.8. The summed E-state index contributed by atoms with van der Waals surface area (Å²) in [5, 5.41) is 2.96. The maximum absolute atomic E-state index is 11.7. The molecule has 0 saturated heterocycles. The number of likely N-dealkylation sites (N-methyl/N-ethyl adjacent to an activating group) is 1. The number of hydrogen-bond donors (Lipinski definition) is 1. The summed E-state index contributed by atoms with van der Waals surface area (Å²) in [6, 6.07) is -0.453. The summed E-state index contributed by atoms with van der Waals surface area (Å²) in [6.45, 7) is 5.49. The van der Waals surface area contributed by atoms with E-state index in [1.807, 2.05) is 6.92 Å². The van der Waals surface area contributed by atoms with Crippen LogP contribution in [0, 0.1) is 0 Å². The Kier molecular flexibility index (Phi) is 6.12. The van der Waals surface area contributed by atoms with Crippen LogP contribution in [0.15, 0.2) is 4.99 Å². The van der Waals surface area contributed by atoms with Crippen LogP contribution in [-0.4, -0.2) is 37.9 Å². The number of aliphatic imine (C=N–C) groups is 1. The van der Waals surface area contributed by atoms with Gasteiger partial charge in [0.25, 0.3) is 0 Å². The van der Waals surface area contributed by atoms with Gasteiger partial charge in [0.15, 0.2) is 11.7 Å². The Labute approximate surface area is 85.7 Å². The molecule has 0 bridgehead atoms. The van der Waals surface area contributed by atoms with Gasteiger partial charge in [0.2, 0.25) is 0 Å². The van der Waals surface area contributed by atoms with Crippen LogP contribution >= 0.6 is 0 Å². The minimum atomic E-state index is -0.340. The molecule has 82 valence electrons. The van der Waals surface area contributed by atoms with E-state index in [0.717, 1.165) is 6.42 Å². The number of carbonyl (C=O) groups is 1. The standard InChI is InChI=1S/C10H20N2O2/c1-6-9(11-4)10(13)7(2)12-8(3)14-5/h7,9,11H,6H2,1-5H3. The van der Waals surface area contributed by atoms with E-state index < -0.39 is 0 Å². The Morgan fingerprint density at radius 1 is 1.57 bits per heavy atom. The Bertz CT molecular complexity index is 210. The molecule has 14 heavy (non-hydrogen) atoms. The van der Waals surface area contributed by atoms with Gasteiger partial charge in [-0.3, -0.25) is 4.79 Å². The summed E-state index contributed by atoms with van der Waals surface area (Å²) in [7, 11) is 3.33. The van der Waals surface area contributed by atoms with Gasteiger partial charge in [-0.1, -0.05) is 6.92 Å². The lowest BCUT2D eigenvalue weighted by molar-refractivity contribution is -0.121. The SMILES string of the molecule is CCC(NC)C(=O)C(C)N=C(C)OC. The molecule has 0 aliphatic rings. The van der Waals surface area contributed by atoms with E-state index in [-0.39, 0.29) is 17.9 Å². The van der Waals surface area contributed by atoms with E-state index in [1.165, 1.54) is 0 Å². The number of carbonyl (C=O) groups excluding carboxylic acids is 1. The van der Waals surface area contributed by atoms with Gasteiger partial charge in [-0.25, -0.2) is 4.99 Å². The normalized spacial score (nSPS) is 16.2. The van der Waals surface area contributed by atoms with Crippen molar-refractivity contribution in [1.82, 2.24) is 5.32 Å². The second-order valence-electron chi connectivity index (χ2n) is 3.18. The molecule has 0 saturated carbocycles. The van der Waals surface area contributed by atoms with E-state index in [2.05, 4.69) is 10.3 Å². The molecule has 0 rings (SSSR count). The number of ether oxygens (including phenoxy) is 1. The lowest BCUT2D eigenvalue weighted by atomic mass is 10.1. The van der Waals surface area contributed by atoms with Crippen LogP contribution < -0.4 is 5.32 Å². The Balaban J connectivity index is 4.38. The maximum Gasteiger partial charge on any atom is 0.180 e. The molecular weight excluding hydrogens is 180 g/mol. The molecule has 0 aromatic carbocycles. The lowest BCUT2D eigenvalue weighted by Crippen LogP contribution is -2.38. The van der Waals surface area contributed by atoms with Crippen molar-refractivity contribution in [1.29, 1.82) is 0 Å². The second kappa shape index (κ2) is 6.54. The maximum atomic E-state index is 11.7. The van der Waals surface area contributed by atoms with Crippen LogP contribution in [0.25, 0.3) is 0 Å². The zero-order valence-electron chi connectivity index (χ0n) is 9.63. The predicted octanol–water partition coefficient (Wildman–Crippen LogP) is 1.01. The number of hydrogen-bond acceptors (Lipinski definition) is 4. The highest BCUT2D eigenvalue weighted by molar-refractivity contribution is 5.90. The molecule has 4 nitrogen and oxygen atoms in total. The van der Waals surface area contributed by atoms with E-state index in [1.54, 1.807) is 28.0 Å². The third kappa shape index (κ3) is 3.87. The van der Waals surface area contributed by atoms with Gasteiger partial charge in [-0.15, -0.1) is 0 Å². The fourth-order valence-corrected chi connectivity index (χ4v) is 1.23. The van der Waals surface area contributed by atoms with Crippen molar-refractivity contribution in [3.8, 4) is 0 Å². The summed E-state index contributed by atoms with van der Waals surface area (Å²) >= 11 is 0. The molecule has 2 atom stereocenters. The van der Waals surface area contributed by atoms with Crippen molar-refractivity contribution in [3.05, 3.63) is 0 Å². The molecule has 0 spiro atoms. The Morgan fingerprint density at radius 2 is 2.14 bits per heavy atom. The van der Waals surface area contributed by atoms with Gasteiger partial charge >= 0.3 is 0 Å². The van der Waals surface area contributed by atoms with Gasteiger partial charge in [0, 0.05) is 6.92 Å². The lowest BCUT2D eigenvalue weighted by Gasteiger charge is -2.15. The van der Waals surface area contributed by atoms with Crippen LogP contribution in [0.5, 0.6) is 0 Å². The molecule has 0 aromatic heterocycles. The number of ketones is 1. The summed E-state index contributed by atoms with van der Waals surface area (Å²) in [5.41, 5.74) is 0. The van der Waals surface area contributed by atoms with Crippen LogP contribution in [0.4, 0.5) is 0 Å². The van der Waals surface area contributed by atoms with Gasteiger partial charge in [-0.2, -0.15) is 0 Å². The number of methoxy groups -OCH3 is 1. The number of nitrogens with one attached hydrogen (secondary N) is 1. The second-order valence-corrected chi connectivity index (χ2v) is 3.18. The van der Waals surface area contributed by atoms with Gasteiger partial charge in [0.05, 0.1) is 13.2 Å². The van der Waals surface area contributed by atoms with Crippen molar-refractivity contribution >= 4 is 11.7 Å². The first-order chi connectivity index (χ1) is 6.56. The smallest absolute Gasteiger partial charge is 0.180 e. The largest absolute Gasteiger partial charge is 0.484 e. The predicted molar refractivity (Wildman–Crippen MR) is 57.7 cm³/mol. The minimum Gasteiger partial charge on any atom is -0.484 e. The molecule has 2 unspecified atom stereocenters. The highest BCUT2D eigenvalue weighted by Crippen LogP contribution is 2.01. The van der Waals surface area contributed by atoms with Crippen molar-refractivity contribution < 1.29 is 9.53 Å². The third-order valence-corrected chi connectivity index (χ3v) is 2.18. The number of Topliss-reactive ketones (excluding diaryl/α,β-unsaturated/α-hetero) is 1. The highest BCUT2D eigenvalue weighted by Gasteiger charge is 2.20. The molecule has 0 aromatic rings. The van der Waals surface area contributed by atoms with Crippen LogP contribution in [0.3, 0.4) is 0 Å². The molecule has 0 aliphatic carbocycles. The van der Waals surface area contributed by atoms with E-state index in [4.69, 9.17) is 4.74 Å². The minimum absolute atomic E-state index is 0.103. The van der Waals surface area contributed by atoms with Crippen molar-refractivity contribution in [2.24, 2.45) is 4.99 Å². The van der Waals surface area contributed by atoms with E-state index in [9.17, 15) is 4.79 Å². The van der Waals surface area contributed by atoms with Crippen molar-refractivity contribution in [2.75, 3.05) is 14.2 Å². The van der Waals surface area contributed by atoms with Crippen molar-refractivity contribution in [2.45, 2.75) is 39.3 Å². The van der Waals surface area contributed by atoms with E-state index in [0.29, 0.717) is 5.90 Å². The summed E-state index contributed by atoms with van der Waals surface area (Å²) in [5.74, 6) is 0.642. The topological polar surface area (TPSA) is 50.7 Å². The molecule has 0 heterocycles. The van der Waals surface area contributed by atoms with E-state index >= 15 is 0 Å². The molecule has 0 amide bonds. The van der Waals surface area contributed by atoms with Gasteiger partial charge in [-0.05, 0) is 20.4 Å². The molecule has 0 radical (unpaired) electrons. The number of nitrogens with zero attached hydrogens (tertiary/aromatic N) is 1. The number of rotatable bonds is 5. The zero-order valence-corrected chi connectivity index (χ0v) is 9.63. The monoisotopic (exact) mass is 200 g/mol. The third-order valence-electron chi connectivity index (χ3n) is 2.18. The molecule has 0 fully saturated rings. The quantitative estimate of drug-likeness (QED) is 0.532. The van der Waals surface area contributed by atoms with Crippen LogP contribution in [0.2, 0.25) is 0 Å². The Morgan fingerprint density at radius 3 is 2.50 bits per heavy atom. The molecule has 0 aliphatic heterocycles. The molecular formula is C10H20N2O2. The first-order valence-corrected chi connectivity index (χ1v) is 4.86. The first kappa shape index (κ1) is 13.1. The highest BCUT2D eigenvalue weighted by atomic mass is 16.5. The van der Waals surface area contributed by atoms with Gasteiger partial charge in [0.1, 0.15) is 6.04 Å². The van der Waals surface area contributed by atoms with Gasteiger partial charge < -0.3 is 10.1 Å². The molecule has 1 N–H and O–H groups in total. The Hall–Kier alpha value is -0.900. The summed E-state index contributed by atoms with van der Waals surface area (Å²) < 4.78 is 4.90. The average Bonchev–Trinajstić information content (AvgIpc) is 2.19.